The monoisotopic (exact) mass is 491 g/mol. The number of rotatable bonds is 6. The molecule has 0 spiro atoms. The van der Waals surface area contributed by atoms with E-state index in [9.17, 15) is 18.5 Å². The van der Waals surface area contributed by atoms with Crippen LogP contribution >= 0.6 is 0 Å². The van der Waals surface area contributed by atoms with Crippen LogP contribution < -0.4 is 5.32 Å². The summed E-state index contributed by atoms with van der Waals surface area (Å²) in [5, 5.41) is 12.2. The van der Waals surface area contributed by atoms with Crippen molar-refractivity contribution in [1.29, 1.82) is 5.26 Å². The molecule has 0 aliphatic carbocycles. The van der Waals surface area contributed by atoms with Gasteiger partial charge in [0.05, 0.1) is 18.1 Å². The number of benzene rings is 1. The van der Waals surface area contributed by atoms with Crippen molar-refractivity contribution < 1.29 is 17.9 Å². The third-order valence-electron chi connectivity index (χ3n) is 5.73. The van der Waals surface area contributed by atoms with Crippen molar-refractivity contribution in [3.05, 3.63) is 77.3 Å². The van der Waals surface area contributed by atoms with E-state index in [1.54, 1.807) is 42.6 Å². The zero-order chi connectivity index (χ0) is 25.0. The Morgan fingerprint density at radius 2 is 1.91 bits per heavy atom. The van der Waals surface area contributed by atoms with E-state index in [0.29, 0.717) is 43.4 Å². The SMILES string of the molecule is Cc1cc(/C=C(\C#N)C(=O)Nc2ccccn2)c(C)n1-c1cccc(S(=O)(=O)N2CCOCC2)c1. The summed E-state index contributed by atoms with van der Waals surface area (Å²) in [6, 6.07) is 15.6. The second-order valence-electron chi connectivity index (χ2n) is 8.01. The zero-order valence-electron chi connectivity index (χ0n) is 19.4. The van der Waals surface area contributed by atoms with Crippen LogP contribution in [0.3, 0.4) is 0 Å². The molecule has 0 saturated carbocycles. The van der Waals surface area contributed by atoms with Crippen molar-refractivity contribution >= 4 is 27.8 Å². The average molecular weight is 492 g/mol. The third-order valence-corrected chi connectivity index (χ3v) is 7.62. The normalized spacial score (nSPS) is 14.9. The van der Waals surface area contributed by atoms with E-state index < -0.39 is 15.9 Å². The van der Waals surface area contributed by atoms with Crippen LogP contribution in [0.5, 0.6) is 0 Å². The number of nitrogens with one attached hydrogen (secondary N) is 1. The second kappa shape index (κ2) is 10.2. The lowest BCUT2D eigenvalue weighted by Gasteiger charge is -2.26. The summed E-state index contributed by atoms with van der Waals surface area (Å²) in [5.74, 6) is -0.211. The summed E-state index contributed by atoms with van der Waals surface area (Å²) in [4.78, 5) is 16.8. The Bertz CT molecular complexity index is 1420. The van der Waals surface area contributed by atoms with E-state index in [-0.39, 0.29) is 10.5 Å². The van der Waals surface area contributed by atoms with Gasteiger partial charge < -0.3 is 14.6 Å². The van der Waals surface area contributed by atoms with Gasteiger partial charge in [-0.3, -0.25) is 4.79 Å². The highest BCUT2D eigenvalue weighted by atomic mass is 32.2. The van der Waals surface area contributed by atoms with Crippen molar-refractivity contribution in [3.63, 3.8) is 0 Å². The molecule has 0 unspecified atom stereocenters. The summed E-state index contributed by atoms with van der Waals surface area (Å²) in [6.45, 7) is 5.13. The standard InChI is InChI=1S/C25H25N5O4S/c1-18-14-20(15-21(17-26)25(31)28-24-8-3-4-9-27-24)19(2)30(18)22-6-5-7-23(16-22)35(32,33)29-10-12-34-13-11-29/h3-9,14-16H,10-13H2,1-2H3,(H,27,28,31)/b21-15+. The number of aromatic nitrogens is 2. The van der Waals surface area contributed by atoms with Gasteiger partial charge in [-0.25, -0.2) is 13.4 Å². The highest BCUT2D eigenvalue weighted by Crippen LogP contribution is 2.26. The lowest BCUT2D eigenvalue weighted by Crippen LogP contribution is -2.40. The van der Waals surface area contributed by atoms with Crippen LogP contribution in [0.4, 0.5) is 5.82 Å². The van der Waals surface area contributed by atoms with E-state index in [1.807, 2.05) is 36.6 Å². The van der Waals surface area contributed by atoms with Gasteiger partial charge in [0.1, 0.15) is 17.5 Å². The molecule has 9 nitrogen and oxygen atoms in total. The first-order valence-electron chi connectivity index (χ1n) is 11.0. The minimum absolute atomic E-state index is 0.0699. The molecular formula is C25H25N5O4S. The molecule has 1 aromatic carbocycles. The van der Waals surface area contributed by atoms with Crippen molar-refractivity contribution in [1.82, 2.24) is 13.9 Å². The average Bonchev–Trinajstić information content (AvgIpc) is 3.16. The Hall–Kier alpha value is -3.78. The van der Waals surface area contributed by atoms with Gasteiger partial charge in [-0.1, -0.05) is 12.1 Å². The number of carbonyl (C=O) groups is 1. The van der Waals surface area contributed by atoms with Crippen molar-refractivity contribution in [2.24, 2.45) is 0 Å². The number of morpholine rings is 1. The Morgan fingerprint density at radius 1 is 1.14 bits per heavy atom. The van der Waals surface area contributed by atoms with Gasteiger partial charge in [-0.05, 0) is 61.9 Å². The molecule has 1 aliphatic heterocycles. The number of ether oxygens (including phenoxy) is 1. The first-order valence-corrected chi connectivity index (χ1v) is 12.5. The molecule has 3 heterocycles. The lowest BCUT2D eigenvalue weighted by molar-refractivity contribution is -0.112. The predicted molar refractivity (Wildman–Crippen MR) is 131 cm³/mol. The van der Waals surface area contributed by atoms with Crippen molar-refractivity contribution in [2.75, 3.05) is 31.6 Å². The number of sulfonamides is 1. The molecule has 1 aliphatic rings. The first kappa shape index (κ1) is 24.3. The fraction of sp³-hybridized carbons (Fsp3) is 0.240. The Labute approximate surface area is 204 Å². The van der Waals surface area contributed by atoms with Gasteiger partial charge >= 0.3 is 0 Å². The molecule has 180 valence electrons. The number of hydrogen-bond acceptors (Lipinski definition) is 6. The number of anilines is 1. The number of amides is 1. The molecule has 0 radical (unpaired) electrons. The largest absolute Gasteiger partial charge is 0.379 e. The molecule has 1 saturated heterocycles. The molecular weight excluding hydrogens is 466 g/mol. The van der Waals surface area contributed by atoms with Crippen LogP contribution in [0.15, 0.2) is 65.2 Å². The van der Waals surface area contributed by atoms with Crippen LogP contribution in [-0.4, -0.2) is 54.5 Å². The van der Waals surface area contributed by atoms with E-state index in [0.717, 1.165) is 11.4 Å². The zero-order valence-corrected chi connectivity index (χ0v) is 20.2. The van der Waals surface area contributed by atoms with E-state index in [4.69, 9.17) is 4.74 Å². The van der Waals surface area contributed by atoms with Gasteiger partial charge in [0, 0.05) is 36.4 Å². The topological polar surface area (TPSA) is 117 Å². The van der Waals surface area contributed by atoms with Crippen LogP contribution in [0.1, 0.15) is 17.0 Å². The Balaban J connectivity index is 1.65. The molecule has 3 aromatic rings. The van der Waals surface area contributed by atoms with Gasteiger partial charge in [0.2, 0.25) is 10.0 Å². The van der Waals surface area contributed by atoms with Crippen LogP contribution in [0.2, 0.25) is 0 Å². The summed E-state index contributed by atoms with van der Waals surface area (Å²) < 4.78 is 34.8. The first-order chi connectivity index (χ1) is 16.8. The summed E-state index contributed by atoms with van der Waals surface area (Å²) in [7, 11) is -3.65. The predicted octanol–water partition coefficient (Wildman–Crippen LogP) is 3.06. The van der Waals surface area contributed by atoms with E-state index in [2.05, 4.69) is 10.3 Å². The maximum Gasteiger partial charge on any atom is 0.267 e. The number of nitrogens with zero attached hydrogens (tertiary/aromatic N) is 4. The Kier molecular flexibility index (Phi) is 7.12. The fourth-order valence-corrected chi connectivity index (χ4v) is 5.42. The smallest absolute Gasteiger partial charge is 0.267 e. The maximum absolute atomic E-state index is 13.1. The summed E-state index contributed by atoms with van der Waals surface area (Å²) >= 11 is 0. The lowest BCUT2D eigenvalue weighted by atomic mass is 10.1. The highest BCUT2D eigenvalue weighted by molar-refractivity contribution is 7.89. The molecule has 0 bridgehead atoms. The number of hydrogen-bond donors (Lipinski definition) is 1. The Morgan fingerprint density at radius 3 is 2.60 bits per heavy atom. The quantitative estimate of drug-likeness (QED) is 0.418. The van der Waals surface area contributed by atoms with E-state index >= 15 is 0 Å². The van der Waals surface area contributed by atoms with Crippen LogP contribution in [-0.2, 0) is 19.6 Å². The second-order valence-corrected chi connectivity index (χ2v) is 9.95. The third kappa shape index (κ3) is 5.17. The van der Waals surface area contributed by atoms with Crippen molar-refractivity contribution in [2.45, 2.75) is 18.7 Å². The minimum Gasteiger partial charge on any atom is -0.379 e. The molecule has 1 N–H and O–H groups in total. The van der Waals surface area contributed by atoms with Gasteiger partial charge in [0.25, 0.3) is 5.91 Å². The molecule has 1 amide bonds. The summed E-state index contributed by atoms with van der Waals surface area (Å²) in [5.41, 5.74) is 2.88. The number of carbonyl (C=O) groups excluding carboxylic acids is 1. The molecule has 1 fully saturated rings. The molecule has 4 rings (SSSR count). The molecule has 35 heavy (non-hydrogen) atoms. The number of nitriles is 1. The minimum atomic E-state index is -3.65. The van der Waals surface area contributed by atoms with Crippen molar-refractivity contribution in [3.8, 4) is 11.8 Å². The maximum atomic E-state index is 13.1. The summed E-state index contributed by atoms with van der Waals surface area (Å²) in [6.07, 6.45) is 3.07. The molecule has 10 heteroatoms. The highest BCUT2D eigenvalue weighted by Gasteiger charge is 2.26. The van der Waals surface area contributed by atoms with Crippen LogP contribution in [0, 0.1) is 25.2 Å². The molecule has 2 aromatic heterocycles. The van der Waals surface area contributed by atoms with Crippen LogP contribution in [0.25, 0.3) is 11.8 Å². The van der Waals surface area contributed by atoms with E-state index in [1.165, 1.54) is 10.4 Å². The number of aryl methyl sites for hydroxylation is 1. The molecule has 0 atom stereocenters. The van der Waals surface area contributed by atoms with Gasteiger partial charge in [-0.15, -0.1) is 0 Å². The van der Waals surface area contributed by atoms with Gasteiger partial charge in [-0.2, -0.15) is 9.57 Å². The fourth-order valence-electron chi connectivity index (χ4n) is 3.97. The number of pyridine rings is 1. The van der Waals surface area contributed by atoms with Gasteiger partial charge in [0.15, 0.2) is 0 Å².